The Morgan fingerprint density at radius 3 is 2.47 bits per heavy atom. The number of hydrogen-bond donors (Lipinski definition) is 0. The number of hydrogen-bond acceptors (Lipinski definition) is 0. The van der Waals surface area contributed by atoms with Crippen molar-refractivity contribution in [3.63, 3.8) is 0 Å². The third-order valence-electron chi connectivity index (χ3n) is 3.45. The van der Waals surface area contributed by atoms with E-state index in [1.807, 2.05) is 0 Å². The molecule has 0 radical (unpaired) electrons. The van der Waals surface area contributed by atoms with Crippen LogP contribution in [0.4, 0.5) is 0 Å². The van der Waals surface area contributed by atoms with E-state index in [4.69, 9.17) is 0 Å². The molecule has 1 aliphatic carbocycles. The molecular weight excluding hydrogens is 347 g/mol. The predicted octanol–water partition coefficient (Wildman–Crippen LogP) is 5.35. The first-order chi connectivity index (χ1) is 7.14. The molecule has 0 amide bonds. The number of unbranched alkanes of at least 4 members (excludes halogenated alkanes) is 1. The molecule has 1 aliphatic rings. The molecule has 0 aromatic rings. The third-order valence-corrected chi connectivity index (χ3v) is 12.2. The molecule has 15 heavy (non-hydrogen) atoms. The normalized spacial score (nSPS) is 24.4. The average Bonchev–Trinajstić information content (AvgIpc) is 2.60. The summed E-state index contributed by atoms with van der Waals surface area (Å²) in [5, 5.41) is 0. The maximum absolute atomic E-state index is 2.63. The molecule has 0 spiro atoms. The summed E-state index contributed by atoms with van der Waals surface area (Å²) in [6.45, 7) is 4.60. The summed E-state index contributed by atoms with van der Waals surface area (Å²) in [4.78, 5) is 0. The molecule has 0 fully saturated rings. The van der Waals surface area contributed by atoms with Gasteiger partial charge in [-0.2, -0.15) is 0 Å². The van der Waals surface area contributed by atoms with Crippen LogP contribution in [-0.2, 0) is 21.4 Å². The second kappa shape index (κ2) is 6.18. The Morgan fingerprint density at radius 1 is 1.20 bits per heavy atom. The quantitative estimate of drug-likeness (QED) is 0.552. The molecule has 0 nitrogen and oxygen atoms in total. The van der Waals surface area contributed by atoms with Crippen molar-refractivity contribution in [2.45, 2.75) is 58.5 Å². The minimum atomic E-state index is -1.33. The Morgan fingerprint density at radius 2 is 1.93 bits per heavy atom. The molecule has 0 aliphatic heterocycles. The van der Waals surface area contributed by atoms with Gasteiger partial charge in [0.25, 0.3) is 0 Å². The zero-order valence-corrected chi connectivity index (χ0v) is 14.4. The maximum atomic E-state index is 2.63. The Labute approximate surface area is 103 Å². The van der Waals surface area contributed by atoms with Crippen molar-refractivity contribution in [1.29, 1.82) is 0 Å². The Balaban J connectivity index is 2.70. The van der Waals surface area contributed by atoms with Crippen LogP contribution in [0.2, 0.25) is 12.5 Å². The Hall–Kier alpha value is 0.350. The Kier molecular flexibility index (Phi) is 5.52. The van der Waals surface area contributed by atoms with Crippen LogP contribution in [0, 0.1) is 0 Å². The van der Waals surface area contributed by atoms with Crippen molar-refractivity contribution >= 4 is 0 Å². The van der Waals surface area contributed by atoms with Crippen LogP contribution in [0.5, 0.6) is 0 Å². The standard InChI is InChI=1S/C12H19.2CH3.Hf/c1-3-5-7-12-9-8-11(10-12)6-4-2;;;/h8-10H,3-7H2,1-2H3;2*1H3;. The van der Waals surface area contributed by atoms with Gasteiger partial charge in [0, 0.05) is 0 Å². The van der Waals surface area contributed by atoms with Crippen LogP contribution < -0.4 is 0 Å². The first-order valence-corrected chi connectivity index (χ1v) is 15.3. The van der Waals surface area contributed by atoms with E-state index in [0.29, 0.717) is 3.17 Å². The van der Waals surface area contributed by atoms with E-state index in [1.165, 1.54) is 32.1 Å². The van der Waals surface area contributed by atoms with Crippen molar-refractivity contribution in [1.82, 2.24) is 0 Å². The first kappa shape index (κ1) is 13.4. The van der Waals surface area contributed by atoms with Crippen LogP contribution >= 0.6 is 0 Å². The Bertz CT molecular complexity index is 250. The van der Waals surface area contributed by atoms with Crippen molar-refractivity contribution in [2.24, 2.45) is 0 Å². The van der Waals surface area contributed by atoms with E-state index < -0.39 is 21.4 Å². The average molecular weight is 372 g/mol. The zero-order valence-electron chi connectivity index (χ0n) is 10.8. The van der Waals surface area contributed by atoms with Crippen LogP contribution in [0.3, 0.4) is 0 Å². The molecule has 0 saturated heterocycles. The van der Waals surface area contributed by atoms with Gasteiger partial charge in [-0.3, -0.25) is 0 Å². The molecule has 0 N–H and O–H groups in total. The van der Waals surface area contributed by atoms with E-state index in [2.05, 4.69) is 41.4 Å². The summed E-state index contributed by atoms with van der Waals surface area (Å²) in [6.07, 6.45) is 14.3. The van der Waals surface area contributed by atoms with Crippen molar-refractivity contribution in [3.05, 3.63) is 23.8 Å². The SMILES string of the molecule is CCCCC1=C[C](CCC)([Hf]([CH3])[CH3])C=C1. The van der Waals surface area contributed by atoms with Gasteiger partial charge >= 0.3 is 104 Å². The molecule has 0 aromatic carbocycles. The molecule has 1 rings (SSSR count). The van der Waals surface area contributed by atoms with E-state index >= 15 is 0 Å². The summed E-state index contributed by atoms with van der Waals surface area (Å²) >= 11 is -1.33. The second-order valence-corrected chi connectivity index (χ2v) is 15.5. The van der Waals surface area contributed by atoms with Crippen molar-refractivity contribution < 1.29 is 21.4 Å². The van der Waals surface area contributed by atoms with Crippen molar-refractivity contribution in [2.75, 3.05) is 0 Å². The number of allylic oxidation sites excluding steroid dienone is 4. The van der Waals surface area contributed by atoms with Gasteiger partial charge < -0.3 is 0 Å². The van der Waals surface area contributed by atoms with Gasteiger partial charge in [0.1, 0.15) is 0 Å². The molecule has 85 valence electrons. The van der Waals surface area contributed by atoms with Gasteiger partial charge in [0.15, 0.2) is 0 Å². The number of rotatable bonds is 6. The predicted molar refractivity (Wildman–Crippen MR) is 66.1 cm³/mol. The van der Waals surface area contributed by atoms with E-state index in [9.17, 15) is 0 Å². The summed E-state index contributed by atoms with van der Waals surface area (Å²) in [5.41, 5.74) is 1.62. The van der Waals surface area contributed by atoms with Crippen LogP contribution in [0.1, 0.15) is 46.0 Å². The van der Waals surface area contributed by atoms with Gasteiger partial charge in [-0.1, -0.05) is 0 Å². The minimum absolute atomic E-state index is 0.586. The van der Waals surface area contributed by atoms with Gasteiger partial charge in [0.05, 0.1) is 0 Å². The third kappa shape index (κ3) is 3.41. The van der Waals surface area contributed by atoms with Crippen LogP contribution in [-0.4, -0.2) is 0 Å². The molecule has 0 heterocycles. The molecule has 0 bridgehead atoms. The zero-order chi connectivity index (χ0) is 11.3. The first-order valence-electron chi connectivity index (χ1n) is 6.36. The van der Waals surface area contributed by atoms with Gasteiger partial charge in [-0.15, -0.1) is 0 Å². The molecule has 1 heteroatoms. The fourth-order valence-electron chi connectivity index (χ4n) is 2.35. The molecule has 0 aromatic heterocycles. The fraction of sp³-hybridized carbons (Fsp3) is 0.714. The van der Waals surface area contributed by atoms with E-state index in [-0.39, 0.29) is 0 Å². The summed E-state index contributed by atoms with van der Waals surface area (Å²) < 4.78 is 5.70. The fourth-order valence-corrected chi connectivity index (χ4v) is 8.24. The monoisotopic (exact) mass is 373 g/mol. The summed E-state index contributed by atoms with van der Waals surface area (Å²) in [7, 11) is 0. The topological polar surface area (TPSA) is 0 Å². The molecule has 0 saturated carbocycles. The van der Waals surface area contributed by atoms with Gasteiger partial charge in [0.2, 0.25) is 0 Å². The van der Waals surface area contributed by atoms with Gasteiger partial charge in [-0.05, 0) is 0 Å². The van der Waals surface area contributed by atoms with E-state index in [0.717, 1.165) is 0 Å². The van der Waals surface area contributed by atoms with Crippen LogP contribution in [0.15, 0.2) is 23.8 Å². The molecular formula is C14H25Hf. The molecule has 1 unspecified atom stereocenters. The van der Waals surface area contributed by atoms with Gasteiger partial charge in [-0.25, -0.2) is 0 Å². The summed E-state index contributed by atoms with van der Waals surface area (Å²) in [6, 6.07) is 0. The van der Waals surface area contributed by atoms with Crippen LogP contribution in [0.25, 0.3) is 0 Å². The summed E-state index contributed by atoms with van der Waals surface area (Å²) in [5.74, 6) is 0. The van der Waals surface area contributed by atoms with E-state index in [1.54, 1.807) is 5.57 Å². The van der Waals surface area contributed by atoms with Crippen molar-refractivity contribution in [3.8, 4) is 0 Å². The molecule has 1 atom stereocenters. The second-order valence-electron chi connectivity index (χ2n) is 4.95.